The van der Waals surface area contributed by atoms with E-state index < -0.39 is 12.1 Å². The number of nitrogens with zero attached hydrogens (tertiary/aromatic N) is 3. The molecule has 6 aliphatic rings. The summed E-state index contributed by atoms with van der Waals surface area (Å²) in [6.07, 6.45) is 4.74. The molecular weight excluding hydrogens is 568 g/mol. The smallest absolute Gasteiger partial charge is 0.237 e. The van der Waals surface area contributed by atoms with Gasteiger partial charge >= 0.3 is 0 Å². The van der Waals surface area contributed by atoms with Crippen molar-refractivity contribution in [1.29, 1.82) is 0 Å². The summed E-state index contributed by atoms with van der Waals surface area (Å²) < 4.78 is 17.4. The lowest BCUT2D eigenvalue weighted by Crippen LogP contribution is -2.73. The minimum Gasteiger partial charge on any atom is -0.390 e. The number of morpholine rings is 1. The number of ether oxygens (including phenoxy) is 3. The van der Waals surface area contributed by atoms with Crippen LogP contribution < -0.4 is 26.6 Å². The van der Waals surface area contributed by atoms with Gasteiger partial charge in [0.15, 0.2) is 0 Å². The van der Waals surface area contributed by atoms with Crippen LogP contribution in [0.15, 0.2) is 0 Å². The second-order valence-corrected chi connectivity index (χ2v) is 13.6. The number of carbonyl (C=O) groups excluding carboxylic acids is 2. The van der Waals surface area contributed by atoms with Crippen LogP contribution in [0, 0.1) is 11.8 Å². The van der Waals surface area contributed by atoms with Gasteiger partial charge in [-0.05, 0) is 44.1 Å². The van der Waals surface area contributed by atoms with Crippen LogP contribution in [-0.4, -0.2) is 160 Å². The van der Waals surface area contributed by atoms with Gasteiger partial charge in [0.25, 0.3) is 0 Å². The molecule has 6 fully saturated rings. The molecule has 5 aliphatic heterocycles. The molecule has 250 valence electrons. The van der Waals surface area contributed by atoms with Crippen LogP contribution in [0.5, 0.6) is 0 Å². The Bertz CT molecular complexity index is 946. The summed E-state index contributed by atoms with van der Waals surface area (Å²) in [5, 5.41) is 27.8. The molecule has 5 saturated heterocycles. The van der Waals surface area contributed by atoms with Gasteiger partial charge in [0, 0.05) is 71.7 Å². The van der Waals surface area contributed by atoms with Crippen molar-refractivity contribution in [2.75, 3.05) is 85.5 Å². The van der Waals surface area contributed by atoms with E-state index in [4.69, 9.17) is 14.2 Å². The summed E-state index contributed by atoms with van der Waals surface area (Å²) in [4.78, 5) is 31.4. The van der Waals surface area contributed by atoms with Crippen molar-refractivity contribution >= 4 is 11.8 Å². The number of piperidine rings is 1. The molecule has 0 aromatic heterocycles. The number of aliphatic hydroxyl groups excluding tert-OH is 1. The third-order valence-electron chi connectivity index (χ3n) is 10.4. The number of fused-ring (bicyclic) bond motifs is 1. The highest BCUT2D eigenvalue weighted by Crippen LogP contribution is 2.37. The highest BCUT2D eigenvalue weighted by molar-refractivity contribution is 5.82. The quantitative estimate of drug-likeness (QED) is 0.146. The molecule has 1 saturated carbocycles. The zero-order valence-electron chi connectivity index (χ0n) is 26.3. The maximum atomic E-state index is 13.4. The molecule has 0 aromatic carbocycles. The van der Waals surface area contributed by atoms with Gasteiger partial charge in [-0.3, -0.25) is 35.8 Å². The number of likely N-dealkylation sites (tertiary alicyclic amines) is 2. The van der Waals surface area contributed by atoms with Gasteiger partial charge in [-0.2, -0.15) is 0 Å². The van der Waals surface area contributed by atoms with Crippen LogP contribution in [0.25, 0.3) is 0 Å². The van der Waals surface area contributed by atoms with Crippen molar-refractivity contribution in [2.24, 2.45) is 11.8 Å². The molecule has 14 nitrogen and oxygen atoms in total. The second kappa shape index (κ2) is 15.4. The molecule has 1 aliphatic carbocycles. The van der Waals surface area contributed by atoms with Gasteiger partial charge in [0.1, 0.15) is 6.29 Å². The Morgan fingerprint density at radius 3 is 2.66 bits per heavy atom. The minimum absolute atomic E-state index is 0.0706. The number of hydrogen-bond donors (Lipinski definition) is 6. The van der Waals surface area contributed by atoms with Crippen LogP contribution in [0.4, 0.5) is 0 Å². The SMILES string of the molecule is CC(=O)N1CC(NC2CC(C(=O)NC[C@H](O)CN3CCC4CC(OCC5CNCO5)CCC4C3)NC(N3CCOCC3)N2)C1. The summed E-state index contributed by atoms with van der Waals surface area (Å²) in [6, 6.07) is -0.191. The monoisotopic (exact) mass is 622 g/mol. The van der Waals surface area contributed by atoms with Crippen molar-refractivity contribution in [3.05, 3.63) is 0 Å². The molecule has 0 spiro atoms. The van der Waals surface area contributed by atoms with Crippen LogP contribution in [-0.2, 0) is 23.8 Å². The Hall–Kier alpha value is -1.46. The first-order valence-corrected chi connectivity index (χ1v) is 16.9. The number of aliphatic hydroxyl groups is 1. The van der Waals surface area contributed by atoms with E-state index in [1.54, 1.807) is 6.92 Å². The van der Waals surface area contributed by atoms with Crippen LogP contribution in [0.2, 0.25) is 0 Å². The largest absolute Gasteiger partial charge is 0.390 e. The normalized spacial score (nSPS) is 36.4. The van der Waals surface area contributed by atoms with Crippen molar-refractivity contribution in [3.63, 3.8) is 0 Å². The molecule has 7 unspecified atom stereocenters. The molecule has 5 heterocycles. The first-order valence-electron chi connectivity index (χ1n) is 16.9. The van der Waals surface area contributed by atoms with Crippen molar-refractivity contribution < 1.29 is 28.9 Å². The van der Waals surface area contributed by atoms with Crippen LogP contribution in [0.1, 0.15) is 39.0 Å². The fourth-order valence-corrected chi connectivity index (χ4v) is 7.75. The topological polar surface area (TPSA) is 152 Å². The van der Waals surface area contributed by atoms with Gasteiger partial charge in [-0.1, -0.05) is 0 Å². The average molecular weight is 623 g/mol. The van der Waals surface area contributed by atoms with Crippen molar-refractivity contribution in [1.82, 2.24) is 41.3 Å². The zero-order valence-corrected chi connectivity index (χ0v) is 26.3. The summed E-state index contributed by atoms with van der Waals surface area (Å²) >= 11 is 0. The lowest BCUT2D eigenvalue weighted by atomic mass is 9.74. The third kappa shape index (κ3) is 8.66. The number of nitrogens with one attached hydrogen (secondary N) is 5. The maximum absolute atomic E-state index is 13.4. The minimum atomic E-state index is -0.617. The standard InChI is InChI=1S/C30H54N8O6/c1-20(39)38-15-23(16-38)33-28-11-27(34-30(35-28)37-6-8-42-9-7-37)29(41)32-12-24(40)17-36-5-4-21-10-25(3-2-22(21)14-36)43-18-26-13-31-19-44-26/h21-28,30-31,33-35,40H,2-19H2,1H3,(H,32,41)/t21?,22?,24-,25?,26?,27?,28?,30?/m0/s1. The van der Waals surface area contributed by atoms with Gasteiger partial charge in [-0.15, -0.1) is 0 Å². The Balaban J connectivity index is 0.925. The number of carbonyl (C=O) groups is 2. The molecule has 6 rings (SSSR count). The first-order chi connectivity index (χ1) is 21.4. The van der Waals surface area contributed by atoms with Gasteiger partial charge < -0.3 is 34.4 Å². The predicted octanol–water partition coefficient (Wildman–Crippen LogP) is -2.37. The molecule has 8 atom stereocenters. The summed E-state index contributed by atoms with van der Waals surface area (Å²) in [6.45, 7) is 10.8. The lowest BCUT2D eigenvalue weighted by molar-refractivity contribution is -0.134. The van der Waals surface area contributed by atoms with E-state index in [-0.39, 0.29) is 43.0 Å². The highest BCUT2D eigenvalue weighted by atomic mass is 16.5. The van der Waals surface area contributed by atoms with E-state index in [1.165, 1.54) is 0 Å². The van der Waals surface area contributed by atoms with Crippen molar-refractivity contribution in [3.8, 4) is 0 Å². The lowest BCUT2D eigenvalue weighted by Gasteiger charge is -2.47. The van der Waals surface area contributed by atoms with E-state index in [0.717, 1.165) is 58.4 Å². The molecule has 14 heteroatoms. The van der Waals surface area contributed by atoms with Gasteiger partial charge in [0.2, 0.25) is 11.8 Å². The summed E-state index contributed by atoms with van der Waals surface area (Å²) in [5.74, 6) is 1.33. The zero-order chi connectivity index (χ0) is 30.5. The average Bonchev–Trinajstić information content (AvgIpc) is 3.54. The summed E-state index contributed by atoms with van der Waals surface area (Å²) in [7, 11) is 0. The maximum Gasteiger partial charge on any atom is 0.237 e. The number of hydrogen-bond acceptors (Lipinski definition) is 12. The first kappa shape index (κ1) is 32.5. The number of amides is 2. The van der Waals surface area contributed by atoms with E-state index in [9.17, 15) is 14.7 Å². The second-order valence-electron chi connectivity index (χ2n) is 13.6. The molecule has 0 bridgehead atoms. The Morgan fingerprint density at radius 1 is 1.05 bits per heavy atom. The third-order valence-corrected chi connectivity index (χ3v) is 10.4. The van der Waals surface area contributed by atoms with Crippen molar-refractivity contribution in [2.45, 2.75) is 81.9 Å². The van der Waals surface area contributed by atoms with E-state index in [2.05, 4.69) is 36.4 Å². The molecule has 2 amide bonds. The Kier molecular flexibility index (Phi) is 11.4. The van der Waals surface area contributed by atoms with Crippen LogP contribution in [0.3, 0.4) is 0 Å². The highest BCUT2D eigenvalue weighted by Gasteiger charge is 2.39. The molecule has 6 N–H and O–H groups in total. The molecule has 0 radical (unpaired) electrons. The Labute approximate surface area is 261 Å². The molecular formula is C30H54N8O6. The van der Waals surface area contributed by atoms with E-state index >= 15 is 0 Å². The predicted molar refractivity (Wildman–Crippen MR) is 162 cm³/mol. The van der Waals surface area contributed by atoms with Gasteiger partial charge in [0.05, 0.1) is 57.1 Å². The molecule has 44 heavy (non-hydrogen) atoms. The number of β-amino-alcohol motifs (C(OH)–C–C–N with tert-alkyl or cyclic N) is 1. The van der Waals surface area contributed by atoms with Crippen LogP contribution >= 0.6 is 0 Å². The van der Waals surface area contributed by atoms with E-state index in [0.29, 0.717) is 70.5 Å². The van der Waals surface area contributed by atoms with Gasteiger partial charge in [-0.25, -0.2) is 0 Å². The van der Waals surface area contributed by atoms with E-state index in [1.807, 2.05) is 4.90 Å². The fourth-order valence-electron chi connectivity index (χ4n) is 7.75. The Morgan fingerprint density at radius 2 is 1.89 bits per heavy atom. The summed E-state index contributed by atoms with van der Waals surface area (Å²) in [5.41, 5.74) is 0. The fraction of sp³-hybridized carbons (Fsp3) is 0.933. The number of rotatable bonds is 11. The molecule has 0 aromatic rings.